The summed E-state index contributed by atoms with van der Waals surface area (Å²) in [6.07, 6.45) is 0.459. The minimum absolute atomic E-state index is 0.0264. The molecule has 0 bridgehead atoms. The molecule has 0 heterocycles. The lowest BCUT2D eigenvalue weighted by Gasteiger charge is -2.07. The van der Waals surface area contributed by atoms with Crippen molar-refractivity contribution in [3.8, 4) is 5.75 Å². The summed E-state index contributed by atoms with van der Waals surface area (Å²) < 4.78 is 11.3. The van der Waals surface area contributed by atoms with Crippen LogP contribution in [0, 0.1) is 5.92 Å². The van der Waals surface area contributed by atoms with E-state index in [2.05, 4.69) is 19.1 Å². The average Bonchev–Trinajstić information content (AvgIpc) is 3.23. The van der Waals surface area contributed by atoms with Gasteiger partial charge >= 0.3 is 5.97 Å². The highest BCUT2D eigenvalue weighted by Gasteiger charge is 2.50. The first-order valence-electron chi connectivity index (χ1n) is 8.15. The molecule has 0 N–H and O–H groups in total. The summed E-state index contributed by atoms with van der Waals surface area (Å²) in [6, 6.07) is 18.2. The maximum absolute atomic E-state index is 11.4. The fourth-order valence-electron chi connectivity index (χ4n) is 2.86. The van der Waals surface area contributed by atoms with Gasteiger partial charge in [-0.1, -0.05) is 56.3 Å². The Morgan fingerprint density at radius 2 is 1.74 bits per heavy atom. The maximum atomic E-state index is 11.4. The van der Waals surface area contributed by atoms with Crippen molar-refractivity contribution < 1.29 is 14.3 Å². The maximum Gasteiger partial charge on any atom is 0.305 e. The zero-order chi connectivity index (χ0) is 16.2. The minimum atomic E-state index is -0.118. The van der Waals surface area contributed by atoms with Crippen LogP contribution in [0.3, 0.4) is 0 Å². The molecule has 1 aliphatic carbocycles. The van der Waals surface area contributed by atoms with Crippen molar-refractivity contribution in [2.45, 2.75) is 38.9 Å². The van der Waals surface area contributed by atoms with Crippen LogP contribution in [0.5, 0.6) is 5.75 Å². The fraction of sp³-hybridized carbons (Fsp3) is 0.350. The summed E-state index contributed by atoms with van der Waals surface area (Å²) in [4.78, 5) is 11.4. The predicted octanol–water partition coefficient (Wildman–Crippen LogP) is 4.32. The lowest BCUT2D eigenvalue weighted by atomic mass is 10.1. The molecular formula is C20H22O3. The van der Waals surface area contributed by atoms with Gasteiger partial charge in [0.2, 0.25) is 0 Å². The molecule has 0 saturated heterocycles. The Morgan fingerprint density at radius 1 is 1.04 bits per heavy atom. The first kappa shape index (κ1) is 15.6. The molecule has 0 amide bonds. The van der Waals surface area contributed by atoms with E-state index in [-0.39, 0.29) is 12.1 Å². The van der Waals surface area contributed by atoms with Gasteiger partial charge in [-0.25, -0.2) is 0 Å². The second-order valence-electron chi connectivity index (χ2n) is 6.04. The van der Waals surface area contributed by atoms with Gasteiger partial charge in [0.25, 0.3) is 0 Å². The third-order valence-corrected chi connectivity index (χ3v) is 4.37. The lowest BCUT2D eigenvalue weighted by molar-refractivity contribution is -0.145. The van der Waals surface area contributed by atoms with Gasteiger partial charge in [-0.2, -0.15) is 0 Å². The number of carbonyl (C=O) groups excluding carboxylic acids is 1. The number of esters is 1. The number of hydrogen-bond donors (Lipinski definition) is 0. The van der Waals surface area contributed by atoms with Gasteiger partial charge in [-0.3, -0.25) is 4.79 Å². The van der Waals surface area contributed by atoms with E-state index in [9.17, 15) is 4.79 Å². The molecule has 0 aromatic heterocycles. The van der Waals surface area contributed by atoms with Crippen LogP contribution < -0.4 is 4.74 Å². The number of hydrogen-bond acceptors (Lipinski definition) is 3. The Labute approximate surface area is 137 Å². The minimum Gasteiger partial charge on any atom is -0.489 e. The van der Waals surface area contributed by atoms with Crippen molar-refractivity contribution in [1.82, 2.24) is 0 Å². The first-order valence-corrected chi connectivity index (χ1v) is 8.15. The van der Waals surface area contributed by atoms with E-state index >= 15 is 0 Å². The van der Waals surface area contributed by atoms with Crippen LogP contribution in [0.1, 0.15) is 37.3 Å². The van der Waals surface area contributed by atoms with Gasteiger partial charge in [-0.15, -0.1) is 0 Å². The molecule has 0 radical (unpaired) electrons. The van der Waals surface area contributed by atoms with Crippen molar-refractivity contribution in [1.29, 1.82) is 0 Å². The molecule has 3 nitrogen and oxygen atoms in total. The lowest BCUT2D eigenvalue weighted by Crippen LogP contribution is -2.06. The standard InChI is InChI=1S/C20H22O3/c1-3-18(21)23-20-14(2)19(20)16-9-11-17(12-10-16)22-13-15-7-5-4-6-8-15/h4-12,14,19-20H,3,13H2,1-2H3. The van der Waals surface area contributed by atoms with Crippen LogP contribution >= 0.6 is 0 Å². The van der Waals surface area contributed by atoms with Gasteiger partial charge in [0, 0.05) is 18.3 Å². The molecule has 2 aromatic rings. The Kier molecular flexibility index (Phi) is 4.65. The van der Waals surface area contributed by atoms with Gasteiger partial charge in [0.15, 0.2) is 0 Å². The van der Waals surface area contributed by atoms with E-state index in [1.54, 1.807) is 0 Å². The zero-order valence-corrected chi connectivity index (χ0v) is 13.6. The summed E-state index contributed by atoms with van der Waals surface area (Å²) >= 11 is 0. The van der Waals surface area contributed by atoms with E-state index in [0.717, 1.165) is 11.3 Å². The molecule has 3 heteroatoms. The molecule has 3 rings (SSSR count). The topological polar surface area (TPSA) is 35.5 Å². The SMILES string of the molecule is CCC(=O)OC1C(C)C1c1ccc(OCc2ccccc2)cc1. The van der Waals surface area contributed by atoms with Crippen molar-refractivity contribution in [2.75, 3.05) is 0 Å². The third kappa shape index (κ3) is 3.73. The molecule has 2 aromatic carbocycles. The summed E-state index contributed by atoms with van der Waals surface area (Å²) in [6.45, 7) is 4.51. The molecule has 0 aliphatic heterocycles. The van der Waals surface area contributed by atoms with Crippen LogP contribution in [0.4, 0.5) is 0 Å². The Bertz CT molecular complexity index is 648. The van der Waals surface area contributed by atoms with Crippen LogP contribution in [-0.4, -0.2) is 12.1 Å². The molecule has 1 saturated carbocycles. The number of carbonyl (C=O) groups is 1. The second kappa shape index (κ2) is 6.86. The molecule has 23 heavy (non-hydrogen) atoms. The molecule has 3 unspecified atom stereocenters. The van der Waals surface area contributed by atoms with E-state index in [0.29, 0.717) is 24.9 Å². The van der Waals surface area contributed by atoms with Crippen molar-refractivity contribution in [3.63, 3.8) is 0 Å². The smallest absolute Gasteiger partial charge is 0.305 e. The van der Waals surface area contributed by atoms with Crippen LogP contribution in [0.2, 0.25) is 0 Å². The quantitative estimate of drug-likeness (QED) is 0.745. The Morgan fingerprint density at radius 3 is 2.39 bits per heavy atom. The molecule has 1 fully saturated rings. The zero-order valence-electron chi connectivity index (χ0n) is 13.6. The highest BCUT2D eigenvalue weighted by molar-refractivity contribution is 5.69. The number of ether oxygens (including phenoxy) is 2. The van der Waals surface area contributed by atoms with E-state index in [1.807, 2.05) is 49.4 Å². The van der Waals surface area contributed by atoms with E-state index in [1.165, 1.54) is 5.56 Å². The van der Waals surface area contributed by atoms with Gasteiger partial charge in [-0.05, 0) is 23.3 Å². The number of rotatable bonds is 6. The van der Waals surface area contributed by atoms with Gasteiger partial charge in [0.05, 0.1) is 0 Å². The summed E-state index contributed by atoms with van der Waals surface area (Å²) in [5.41, 5.74) is 2.36. The largest absolute Gasteiger partial charge is 0.489 e. The molecule has 1 aliphatic rings. The number of benzene rings is 2. The van der Waals surface area contributed by atoms with Crippen LogP contribution in [-0.2, 0) is 16.1 Å². The van der Waals surface area contributed by atoms with Crippen molar-refractivity contribution in [2.24, 2.45) is 5.92 Å². The fourth-order valence-corrected chi connectivity index (χ4v) is 2.86. The van der Waals surface area contributed by atoms with E-state index < -0.39 is 0 Å². The van der Waals surface area contributed by atoms with Gasteiger partial charge < -0.3 is 9.47 Å². The van der Waals surface area contributed by atoms with E-state index in [4.69, 9.17) is 9.47 Å². The third-order valence-electron chi connectivity index (χ3n) is 4.37. The van der Waals surface area contributed by atoms with Crippen LogP contribution in [0.15, 0.2) is 54.6 Å². The van der Waals surface area contributed by atoms with Crippen LogP contribution in [0.25, 0.3) is 0 Å². The molecule has 3 atom stereocenters. The normalized spacial score (nSPS) is 22.4. The summed E-state index contributed by atoms with van der Waals surface area (Å²) in [5.74, 6) is 1.44. The molecule has 0 spiro atoms. The monoisotopic (exact) mass is 310 g/mol. The Hall–Kier alpha value is -2.29. The second-order valence-corrected chi connectivity index (χ2v) is 6.04. The molecular weight excluding hydrogens is 288 g/mol. The van der Waals surface area contributed by atoms with Gasteiger partial charge in [0.1, 0.15) is 18.5 Å². The summed E-state index contributed by atoms with van der Waals surface area (Å²) in [5, 5.41) is 0. The first-order chi connectivity index (χ1) is 11.2. The predicted molar refractivity (Wildman–Crippen MR) is 89.3 cm³/mol. The Balaban J connectivity index is 1.56. The highest BCUT2D eigenvalue weighted by Crippen LogP contribution is 2.50. The average molecular weight is 310 g/mol. The van der Waals surface area contributed by atoms with Crippen molar-refractivity contribution >= 4 is 5.97 Å². The highest BCUT2D eigenvalue weighted by atomic mass is 16.5. The molecule has 120 valence electrons. The summed E-state index contributed by atoms with van der Waals surface area (Å²) in [7, 11) is 0. The van der Waals surface area contributed by atoms with Crippen molar-refractivity contribution in [3.05, 3.63) is 65.7 Å².